The summed E-state index contributed by atoms with van der Waals surface area (Å²) in [5.74, 6) is 0.725. The minimum Gasteiger partial charge on any atom is -0.381 e. The Bertz CT molecular complexity index is 307. The summed E-state index contributed by atoms with van der Waals surface area (Å²) < 4.78 is 5.36. The van der Waals surface area contributed by atoms with Gasteiger partial charge in [0.05, 0.1) is 5.69 Å². The highest BCUT2D eigenvalue weighted by Gasteiger charge is 2.20. The van der Waals surface area contributed by atoms with E-state index in [9.17, 15) is 0 Å². The summed E-state index contributed by atoms with van der Waals surface area (Å²) in [6.07, 6.45) is 2.33. The SMILES string of the molecule is Cc1csc(NC(C)C2CCOCC2)n1. The molecule has 1 aliphatic heterocycles. The van der Waals surface area contributed by atoms with Gasteiger partial charge in [0.2, 0.25) is 0 Å². The molecule has 0 amide bonds. The van der Waals surface area contributed by atoms with Gasteiger partial charge in [-0.1, -0.05) is 0 Å². The second-order valence-electron chi connectivity index (χ2n) is 4.18. The van der Waals surface area contributed by atoms with Crippen LogP contribution in [0.3, 0.4) is 0 Å². The van der Waals surface area contributed by atoms with Crippen molar-refractivity contribution >= 4 is 16.5 Å². The average Bonchev–Trinajstić information content (AvgIpc) is 2.65. The largest absolute Gasteiger partial charge is 0.381 e. The third-order valence-corrected chi connectivity index (χ3v) is 3.83. The molecule has 2 rings (SSSR count). The first kappa shape index (κ1) is 10.9. The van der Waals surface area contributed by atoms with Crippen LogP contribution in [0.1, 0.15) is 25.5 Å². The van der Waals surface area contributed by atoms with Gasteiger partial charge in [-0.15, -0.1) is 11.3 Å². The molecule has 1 N–H and O–H groups in total. The van der Waals surface area contributed by atoms with Gasteiger partial charge in [-0.25, -0.2) is 4.98 Å². The summed E-state index contributed by atoms with van der Waals surface area (Å²) >= 11 is 1.69. The summed E-state index contributed by atoms with van der Waals surface area (Å²) in [5.41, 5.74) is 1.10. The Morgan fingerprint density at radius 3 is 2.87 bits per heavy atom. The number of anilines is 1. The average molecular weight is 226 g/mol. The fraction of sp³-hybridized carbons (Fsp3) is 0.727. The smallest absolute Gasteiger partial charge is 0.183 e. The second kappa shape index (κ2) is 4.94. The lowest BCUT2D eigenvalue weighted by atomic mass is 9.93. The Hall–Kier alpha value is -0.610. The predicted octanol–water partition coefficient (Wildman–Crippen LogP) is 2.68. The number of nitrogens with zero attached hydrogens (tertiary/aromatic N) is 1. The third-order valence-electron chi connectivity index (χ3n) is 2.94. The summed E-state index contributed by atoms with van der Waals surface area (Å²) in [4.78, 5) is 4.42. The Labute approximate surface area is 94.9 Å². The van der Waals surface area contributed by atoms with Crippen LogP contribution in [-0.2, 0) is 4.74 Å². The first-order valence-electron chi connectivity index (χ1n) is 5.52. The maximum Gasteiger partial charge on any atom is 0.183 e. The monoisotopic (exact) mass is 226 g/mol. The van der Waals surface area contributed by atoms with Crippen LogP contribution in [0.2, 0.25) is 0 Å². The number of thiazole rings is 1. The zero-order valence-electron chi connectivity index (χ0n) is 9.32. The van der Waals surface area contributed by atoms with Crippen molar-refractivity contribution in [3.63, 3.8) is 0 Å². The molecule has 2 heterocycles. The van der Waals surface area contributed by atoms with Crippen molar-refractivity contribution in [1.29, 1.82) is 0 Å². The molecule has 0 aromatic carbocycles. The van der Waals surface area contributed by atoms with Gasteiger partial charge in [-0.3, -0.25) is 0 Å². The Morgan fingerprint density at radius 2 is 2.27 bits per heavy atom. The minimum atomic E-state index is 0.499. The van der Waals surface area contributed by atoms with Gasteiger partial charge in [0, 0.05) is 24.6 Å². The molecule has 1 aliphatic rings. The third kappa shape index (κ3) is 2.92. The first-order chi connectivity index (χ1) is 7.25. The van der Waals surface area contributed by atoms with E-state index in [0.29, 0.717) is 6.04 Å². The van der Waals surface area contributed by atoms with Gasteiger partial charge >= 0.3 is 0 Å². The molecule has 0 saturated carbocycles. The predicted molar refractivity (Wildman–Crippen MR) is 63.5 cm³/mol. The molecule has 1 fully saturated rings. The molecule has 1 aromatic rings. The molecule has 4 heteroatoms. The topological polar surface area (TPSA) is 34.1 Å². The van der Waals surface area contributed by atoms with Crippen LogP contribution in [0.5, 0.6) is 0 Å². The highest BCUT2D eigenvalue weighted by Crippen LogP contribution is 2.23. The molecule has 3 nitrogen and oxygen atoms in total. The molecule has 0 radical (unpaired) electrons. The quantitative estimate of drug-likeness (QED) is 0.860. The van der Waals surface area contributed by atoms with E-state index in [1.807, 2.05) is 6.92 Å². The van der Waals surface area contributed by atoms with Crippen LogP contribution in [-0.4, -0.2) is 24.2 Å². The highest BCUT2D eigenvalue weighted by molar-refractivity contribution is 7.13. The van der Waals surface area contributed by atoms with E-state index in [0.717, 1.165) is 30.0 Å². The lowest BCUT2D eigenvalue weighted by Crippen LogP contribution is -2.30. The van der Waals surface area contributed by atoms with E-state index >= 15 is 0 Å². The molecule has 1 atom stereocenters. The summed E-state index contributed by atoms with van der Waals surface area (Å²) in [6, 6.07) is 0.499. The maximum atomic E-state index is 5.36. The van der Waals surface area contributed by atoms with Crippen LogP contribution >= 0.6 is 11.3 Å². The van der Waals surface area contributed by atoms with Gasteiger partial charge in [-0.05, 0) is 32.6 Å². The van der Waals surface area contributed by atoms with Crippen molar-refractivity contribution in [2.75, 3.05) is 18.5 Å². The van der Waals surface area contributed by atoms with Gasteiger partial charge in [0.15, 0.2) is 5.13 Å². The number of rotatable bonds is 3. The van der Waals surface area contributed by atoms with Crippen LogP contribution in [0.4, 0.5) is 5.13 Å². The second-order valence-corrected chi connectivity index (χ2v) is 5.03. The Kier molecular flexibility index (Phi) is 3.59. The van der Waals surface area contributed by atoms with Crippen molar-refractivity contribution in [2.24, 2.45) is 5.92 Å². The highest BCUT2D eigenvalue weighted by atomic mass is 32.1. The molecular weight excluding hydrogens is 208 g/mol. The first-order valence-corrected chi connectivity index (χ1v) is 6.40. The fourth-order valence-electron chi connectivity index (χ4n) is 1.95. The van der Waals surface area contributed by atoms with Crippen molar-refractivity contribution in [1.82, 2.24) is 4.98 Å². The van der Waals surface area contributed by atoms with Crippen molar-refractivity contribution < 1.29 is 4.74 Å². The van der Waals surface area contributed by atoms with Crippen molar-refractivity contribution in [3.05, 3.63) is 11.1 Å². The minimum absolute atomic E-state index is 0.499. The number of aryl methyl sites for hydroxylation is 1. The van der Waals surface area contributed by atoms with Gasteiger partial charge in [0.25, 0.3) is 0 Å². The number of hydrogen-bond acceptors (Lipinski definition) is 4. The molecule has 1 saturated heterocycles. The van der Waals surface area contributed by atoms with Gasteiger partial charge in [-0.2, -0.15) is 0 Å². The summed E-state index contributed by atoms with van der Waals surface area (Å²) in [7, 11) is 0. The standard InChI is InChI=1S/C11H18N2OS/c1-8-7-15-11(12-8)13-9(2)10-3-5-14-6-4-10/h7,9-10H,3-6H2,1-2H3,(H,12,13). The van der Waals surface area contributed by atoms with E-state index in [2.05, 4.69) is 22.6 Å². The molecule has 1 unspecified atom stereocenters. The number of ether oxygens (including phenoxy) is 1. The van der Waals surface area contributed by atoms with Crippen LogP contribution in [0.25, 0.3) is 0 Å². The Morgan fingerprint density at radius 1 is 1.53 bits per heavy atom. The lowest BCUT2D eigenvalue weighted by Gasteiger charge is -2.28. The molecular formula is C11H18N2OS. The van der Waals surface area contributed by atoms with Gasteiger partial charge in [0.1, 0.15) is 0 Å². The van der Waals surface area contributed by atoms with Crippen LogP contribution in [0, 0.1) is 12.8 Å². The summed E-state index contributed by atoms with van der Waals surface area (Å²) in [6.45, 7) is 6.09. The maximum absolute atomic E-state index is 5.36. The zero-order chi connectivity index (χ0) is 10.7. The van der Waals surface area contributed by atoms with E-state index in [1.54, 1.807) is 11.3 Å². The van der Waals surface area contributed by atoms with Gasteiger partial charge < -0.3 is 10.1 Å². The lowest BCUT2D eigenvalue weighted by molar-refractivity contribution is 0.0622. The normalized spacial score (nSPS) is 20.1. The summed E-state index contributed by atoms with van der Waals surface area (Å²) in [5, 5.41) is 6.61. The zero-order valence-corrected chi connectivity index (χ0v) is 10.1. The fourth-order valence-corrected chi connectivity index (χ4v) is 2.73. The Balaban J connectivity index is 1.88. The molecule has 84 valence electrons. The van der Waals surface area contributed by atoms with E-state index in [-0.39, 0.29) is 0 Å². The number of nitrogens with one attached hydrogen (secondary N) is 1. The van der Waals surface area contributed by atoms with Crippen molar-refractivity contribution in [3.8, 4) is 0 Å². The van der Waals surface area contributed by atoms with E-state index < -0.39 is 0 Å². The molecule has 0 spiro atoms. The van der Waals surface area contributed by atoms with E-state index in [1.165, 1.54) is 12.8 Å². The number of aromatic nitrogens is 1. The van der Waals surface area contributed by atoms with E-state index in [4.69, 9.17) is 4.74 Å². The molecule has 1 aromatic heterocycles. The van der Waals surface area contributed by atoms with Crippen LogP contribution < -0.4 is 5.32 Å². The molecule has 15 heavy (non-hydrogen) atoms. The molecule has 0 bridgehead atoms. The van der Waals surface area contributed by atoms with Crippen LogP contribution in [0.15, 0.2) is 5.38 Å². The van der Waals surface area contributed by atoms with Crippen molar-refractivity contribution in [2.45, 2.75) is 32.7 Å². The molecule has 0 aliphatic carbocycles. The number of hydrogen-bond donors (Lipinski definition) is 1.